The van der Waals surface area contributed by atoms with Crippen molar-refractivity contribution in [3.63, 3.8) is 0 Å². The quantitative estimate of drug-likeness (QED) is 0.388. The molecule has 3 aromatic carbocycles. The van der Waals surface area contributed by atoms with Gasteiger partial charge >= 0.3 is 0 Å². The van der Waals surface area contributed by atoms with Crippen LogP contribution in [0.4, 0.5) is 0 Å². The van der Waals surface area contributed by atoms with E-state index in [0.717, 1.165) is 44.1 Å². The highest BCUT2D eigenvalue weighted by Gasteiger charge is 2.26. The summed E-state index contributed by atoms with van der Waals surface area (Å²) in [4.78, 5) is 17.5. The zero-order chi connectivity index (χ0) is 14.7. The average Bonchev–Trinajstić information content (AvgIpc) is 2.58. The van der Waals surface area contributed by atoms with Gasteiger partial charge in [0.25, 0.3) is 0 Å². The zero-order valence-electron chi connectivity index (χ0n) is 11.7. The molecule has 2 nitrogen and oxygen atoms in total. The van der Waals surface area contributed by atoms with E-state index in [-0.39, 0.29) is 5.78 Å². The number of ketones is 1. The number of carbonyl (C=O) groups is 1. The Labute approximate surface area is 127 Å². The molecular weight excluding hydrogens is 270 g/mol. The van der Waals surface area contributed by atoms with Crippen molar-refractivity contribution in [2.45, 2.75) is 0 Å². The van der Waals surface area contributed by atoms with Crippen molar-refractivity contribution in [2.75, 3.05) is 0 Å². The highest BCUT2D eigenvalue weighted by atomic mass is 16.1. The number of benzene rings is 3. The highest BCUT2D eigenvalue weighted by molar-refractivity contribution is 6.28. The number of para-hydroxylation sites is 1. The predicted molar refractivity (Wildman–Crippen MR) is 88.1 cm³/mol. The smallest absolute Gasteiger partial charge is 0.194 e. The number of aromatic nitrogens is 1. The lowest BCUT2D eigenvalue weighted by Crippen LogP contribution is -2.10. The van der Waals surface area contributed by atoms with E-state index < -0.39 is 0 Å². The molecule has 0 radical (unpaired) electrons. The van der Waals surface area contributed by atoms with Crippen LogP contribution in [0, 0.1) is 0 Å². The van der Waals surface area contributed by atoms with Crippen LogP contribution in [0.1, 0.15) is 15.9 Å². The van der Waals surface area contributed by atoms with Crippen LogP contribution in [0.3, 0.4) is 0 Å². The van der Waals surface area contributed by atoms with Crippen molar-refractivity contribution in [2.24, 2.45) is 0 Å². The second-order valence-corrected chi connectivity index (χ2v) is 5.58. The van der Waals surface area contributed by atoms with E-state index in [0.29, 0.717) is 0 Å². The van der Waals surface area contributed by atoms with Crippen LogP contribution in [0.2, 0.25) is 0 Å². The summed E-state index contributed by atoms with van der Waals surface area (Å²) in [6.07, 6.45) is 0. The third kappa shape index (κ3) is 1.34. The van der Waals surface area contributed by atoms with Crippen LogP contribution in [0.5, 0.6) is 0 Å². The van der Waals surface area contributed by atoms with Crippen molar-refractivity contribution in [1.82, 2.24) is 4.98 Å². The first-order valence-corrected chi connectivity index (χ1v) is 7.30. The van der Waals surface area contributed by atoms with Gasteiger partial charge in [-0.15, -0.1) is 0 Å². The van der Waals surface area contributed by atoms with E-state index in [4.69, 9.17) is 4.98 Å². The Balaban J connectivity index is 2.14. The van der Waals surface area contributed by atoms with Gasteiger partial charge in [-0.3, -0.25) is 4.79 Å². The lowest BCUT2D eigenvalue weighted by molar-refractivity contribution is 0.104. The topological polar surface area (TPSA) is 30.0 Å². The van der Waals surface area contributed by atoms with Crippen LogP contribution in [-0.4, -0.2) is 10.8 Å². The third-order valence-electron chi connectivity index (χ3n) is 4.39. The van der Waals surface area contributed by atoms with E-state index in [1.54, 1.807) is 0 Å². The number of pyridine rings is 1. The van der Waals surface area contributed by atoms with Crippen molar-refractivity contribution < 1.29 is 4.79 Å². The van der Waals surface area contributed by atoms with Crippen molar-refractivity contribution in [3.8, 4) is 11.1 Å². The lowest BCUT2D eigenvalue weighted by atomic mass is 9.82. The van der Waals surface area contributed by atoms with E-state index in [2.05, 4.69) is 6.07 Å². The first-order chi connectivity index (χ1) is 10.8. The molecule has 5 rings (SSSR count). The standard InChI is InChI=1S/C20H11NO/c22-20-13-7-2-1-6-12(13)18-14-8-3-4-10-16(14)21-17-11-5-9-15(20)19(17)18/h1-11H. The Bertz CT molecular complexity index is 1100. The van der Waals surface area contributed by atoms with Crippen LogP contribution >= 0.6 is 0 Å². The molecule has 1 heterocycles. The van der Waals surface area contributed by atoms with E-state index in [1.807, 2.05) is 60.7 Å². The number of rotatable bonds is 0. The maximum Gasteiger partial charge on any atom is 0.194 e. The van der Waals surface area contributed by atoms with Crippen molar-refractivity contribution >= 4 is 27.6 Å². The molecule has 0 aliphatic heterocycles. The van der Waals surface area contributed by atoms with Crippen molar-refractivity contribution in [3.05, 3.63) is 77.9 Å². The second kappa shape index (κ2) is 4.01. The number of nitrogens with zero attached hydrogens (tertiary/aromatic N) is 1. The molecule has 1 aliphatic carbocycles. The largest absolute Gasteiger partial charge is 0.289 e. The summed E-state index contributed by atoms with van der Waals surface area (Å²) < 4.78 is 0. The number of hydrogen-bond donors (Lipinski definition) is 0. The second-order valence-electron chi connectivity index (χ2n) is 5.58. The van der Waals surface area contributed by atoms with Gasteiger partial charge in [-0.1, -0.05) is 54.6 Å². The number of fused-ring (bicyclic) bond motifs is 4. The molecule has 0 N–H and O–H groups in total. The maximum atomic E-state index is 12.8. The highest BCUT2D eigenvalue weighted by Crippen LogP contribution is 2.42. The molecule has 1 aromatic heterocycles. The van der Waals surface area contributed by atoms with Crippen LogP contribution < -0.4 is 0 Å². The molecule has 4 aromatic rings. The van der Waals surface area contributed by atoms with Gasteiger partial charge in [-0.2, -0.15) is 0 Å². The van der Waals surface area contributed by atoms with Gasteiger partial charge in [0, 0.05) is 27.5 Å². The minimum Gasteiger partial charge on any atom is -0.289 e. The zero-order valence-corrected chi connectivity index (χ0v) is 11.7. The molecule has 0 spiro atoms. The van der Waals surface area contributed by atoms with Crippen LogP contribution in [0.15, 0.2) is 66.7 Å². The number of hydrogen-bond acceptors (Lipinski definition) is 2. The molecule has 0 saturated heterocycles. The first kappa shape index (κ1) is 11.6. The van der Waals surface area contributed by atoms with Gasteiger partial charge in [0.1, 0.15) is 0 Å². The molecule has 0 bridgehead atoms. The molecule has 0 saturated carbocycles. The van der Waals surface area contributed by atoms with Gasteiger partial charge in [0.15, 0.2) is 5.78 Å². The van der Waals surface area contributed by atoms with Gasteiger partial charge in [0.05, 0.1) is 11.0 Å². The fraction of sp³-hybridized carbons (Fsp3) is 0. The van der Waals surface area contributed by atoms with Gasteiger partial charge in [0.2, 0.25) is 0 Å². The summed E-state index contributed by atoms with van der Waals surface area (Å²) in [7, 11) is 0. The molecule has 0 amide bonds. The van der Waals surface area contributed by atoms with E-state index in [9.17, 15) is 4.79 Å². The fourth-order valence-corrected chi connectivity index (χ4v) is 3.46. The Morgan fingerprint density at radius 3 is 2.23 bits per heavy atom. The molecule has 2 heteroatoms. The Morgan fingerprint density at radius 1 is 0.636 bits per heavy atom. The maximum absolute atomic E-state index is 12.8. The summed E-state index contributed by atoms with van der Waals surface area (Å²) in [6, 6.07) is 21.8. The summed E-state index contributed by atoms with van der Waals surface area (Å²) in [5.41, 5.74) is 5.52. The summed E-state index contributed by atoms with van der Waals surface area (Å²) in [5, 5.41) is 2.08. The summed E-state index contributed by atoms with van der Waals surface area (Å²) in [6.45, 7) is 0. The van der Waals surface area contributed by atoms with Crippen LogP contribution in [0.25, 0.3) is 32.9 Å². The Hall–Kier alpha value is -3.00. The molecule has 1 aliphatic rings. The van der Waals surface area contributed by atoms with E-state index >= 15 is 0 Å². The van der Waals surface area contributed by atoms with E-state index in [1.165, 1.54) is 0 Å². The summed E-state index contributed by atoms with van der Waals surface area (Å²) in [5.74, 6) is 0.0887. The molecule has 102 valence electrons. The van der Waals surface area contributed by atoms with Gasteiger partial charge in [-0.25, -0.2) is 4.98 Å². The lowest BCUT2D eigenvalue weighted by Gasteiger charge is -2.21. The predicted octanol–water partition coefficient (Wildman–Crippen LogP) is 4.60. The molecule has 22 heavy (non-hydrogen) atoms. The fourth-order valence-electron chi connectivity index (χ4n) is 3.46. The average molecular weight is 281 g/mol. The number of carbonyl (C=O) groups excluding carboxylic acids is 1. The van der Waals surface area contributed by atoms with Gasteiger partial charge < -0.3 is 0 Å². The van der Waals surface area contributed by atoms with Crippen molar-refractivity contribution in [1.29, 1.82) is 0 Å². The molecule has 0 fully saturated rings. The summed E-state index contributed by atoms with van der Waals surface area (Å²) >= 11 is 0. The molecular formula is C20H11NO. The molecule has 0 unspecified atom stereocenters. The molecule has 0 atom stereocenters. The minimum absolute atomic E-state index is 0.0887. The monoisotopic (exact) mass is 281 g/mol. The first-order valence-electron chi connectivity index (χ1n) is 7.30. The normalized spacial score (nSPS) is 12.6. The van der Waals surface area contributed by atoms with Crippen LogP contribution in [-0.2, 0) is 0 Å². The third-order valence-corrected chi connectivity index (χ3v) is 4.39. The minimum atomic E-state index is 0.0887. The van der Waals surface area contributed by atoms with Gasteiger partial charge in [-0.05, 0) is 17.7 Å². The SMILES string of the molecule is O=C1c2ccccc2-c2c3ccccc3nc3cccc1c23. The Kier molecular flexibility index (Phi) is 2.12. The Morgan fingerprint density at radius 2 is 1.32 bits per heavy atom.